The third-order valence-electron chi connectivity index (χ3n) is 3.55. The molecule has 1 aliphatic heterocycles. The van der Waals surface area contributed by atoms with E-state index < -0.39 is 11.7 Å². The molecule has 2 aromatic rings. The molecule has 7 heteroatoms. The molecule has 0 saturated carbocycles. The molecule has 1 aromatic heterocycles. The van der Waals surface area contributed by atoms with E-state index in [2.05, 4.69) is 4.98 Å². The maximum Gasteiger partial charge on any atom is 0.416 e. The Morgan fingerprint density at radius 2 is 2.15 bits per heavy atom. The maximum absolute atomic E-state index is 12.7. The number of fused-ring (bicyclic) bond motifs is 1. The zero-order chi connectivity index (χ0) is 14.3. The lowest BCUT2D eigenvalue weighted by atomic mass is 10.1. The van der Waals surface area contributed by atoms with Gasteiger partial charge in [0.05, 0.1) is 16.6 Å². The number of thioether (sulfide) groups is 1. The van der Waals surface area contributed by atoms with Gasteiger partial charge in [-0.15, -0.1) is 0 Å². The molecule has 1 atom stereocenters. The lowest BCUT2D eigenvalue weighted by Crippen LogP contribution is -2.17. The molecule has 1 fully saturated rings. The number of benzene rings is 1. The van der Waals surface area contributed by atoms with Crippen LogP contribution in [0.4, 0.5) is 19.1 Å². The summed E-state index contributed by atoms with van der Waals surface area (Å²) in [4.78, 5) is 4.09. The maximum atomic E-state index is 12.7. The summed E-state index contributed by atoms with van der Waals surface area (Å²) < 4.78 is 40.0. The van der Waals surface area contributed by atoms with Crippen molar-refractivity contribution in [2.45, 2.75) is 25.1 Å². The number of nitrogens with two attached hydrogens (primary N) is 1. The zero-order valence-corrected chi connectivity index (χ0v) is 11.5. The molecule has 108 valence electrons. The van der Waals surface area contributed by atoms with Gasteiger partial charge in [-0.25, -0.2) is 4.98 Å². The van der Waals surface area contributed by atoms with Gasteiger partial charge in [0.2, 0.25) is 5.95 Å². The van der Waals surface area contributed by atoms with Crippen LogP contribution in [0, 0.1) is 0 Å². The fourth-order valence-electron chi connectivity index (χ4n) is 2.60. The number of aromatic nitrogens is 2. The summed E-state index contributed by atoms with van der Waals surface area (Å²) in [5.74, 6) is 2.35. The number of anilines is 1. The first kappa shape index (κ1) is 13.6. The van der Waals surface area contributed by atoms with Crippen LogP contribution in [0.1, 0.15) is 24.4 Å². The highest BCUT2D eigenvalue weighted by Gasteiger charge is 2.31. The van der Waals surface area contributed by atoms with Crippen molar-refractivity contribution >= 4 is 28.7 Å². The van der Waals surface area contributed by atoms with Crippen molar-refractivity contribution in [2.24, 2.45) is 0 Å². The number of hydrogen-bond acceptors (Lipinski definition) is 3. The second-order valence-corrected chi connectivity index (χ2v) is 6.06. The summed E-state index contributed by atoms with van der Waals surface area (Å²) >= 11 is 1.84. The van der Waals surface area contributed by atoms with Crippen molar-refractivity contribution in [3.63, 3.8) is 0 Å². The smallest absolute Gasteiger partial charge is 0.369 e. The second-order valence-electron chi connectivity index (χ2n) is 4.91. The first-order valence-corrected chi connectivity index (χ1v) is 7.54. The van der Waals surface area contributed by atoms with Crippen molar-refractivity contribution in [2.75, 3.05) is 17.2 Å². The summed E-state index contributed by atoms with van der Waals surface area (Å²) in [5, 5.41) is 0. The Hall–Kier alpha value is -1.37. The Labute approximate surface area is 118 Å². The minimum atomic E-state index is -4.35. The fraction of sp³-hybridized carbons (Fsp3) is 0.462. The van der Waals surface area contributed by atoms with Crippen LogP contribution in [-0.2, 0) is 6.18 Å². The molecule has 0 aliphatic carbocycles. The quantitative estimate of drug-likeness (QED) is 0.873. The number of nitrogen functional groups attached to an aromatic ring is 1. The molecule has 1 aliphatic rings. The van der Waals surface area contributed by atoms with Gasteiger partial charge in [0.15, 0.2) is 0 Å². The molecule has 1 saturated heterocycles. The topological polar surface area (TPSA) is 43.8 Å². The van der Waals surface area contributed by atoms with Crippen LogP contribution in [0.3, 0.4) is 0 Å². The van der Waals surface area contributed by atoms with Crippen molar-refractivity contribution in [3.8, 4) is 0 Å². The number of halogens is 3. The van der Waals surface area contributed by atoms with E-state index in [0.717, 1.165) is 36.5 Å². The first-order chi connectivity index (χ1) is 9.47. The molecule has 3 rings (SSSR count). The van der Waals surface area contributed by atoms with Crippen molar-refractivity contribution < 1.29 is 13.2 Å². The summed E-state index contributed by atoms with van der Waals surface area (Å²) in [5.41, 5.74) is 6.21. The van der Waals surface area contributed by atoms with Crippen molar-refractivity contribution in [1.82, 2.24) is 9.55 Å². The van der Waals surface area contributed by atoms with Crippen LogP contribution in [0.2, 0.25) is 0 Å². The Morgan fingerprint density at radius 3 is 2.80 bits per heavy atom. The third-order valence-corrected chi connectivity index (χ3v) is 4.74. The van der Waals surface area contributed by atoms with Gasteiger partial charge in [-0.05, 0) is 36.8 Å². The van der Waals surface area contributed by atoms with Crippen LogP contribution in [0.25, 0.3) is 11.0 Å². The minimum Gasteiger partial charge on any atom is -0.369 e. The van der Waals surface area contributed by atoms with Gasteiger partial charge in [0.25, 0.3) is 0 Å². The lowest BCUT2D eigenvalue weighted by Gasteiger charge is -2.24. The normalized spacial score (nSPS) is 20.4. The molecule has 0 spiro atoms. The molecule has 0 bridgehead atoms. The molecule has 2 heterocycles. The first-order valence-electron chi connectivity index (χ1n) is 6.39. The summed E-state index contributed by atoms with van der Waals surface area (Å²) in [6.07, 6.45) is -2.27. The molecular weight excluding hydrogens is 287 g/mol. The molecule has 3 nitrogen and oxygen atoms in total. The number of hydrogen-bond donors (Lipinski definition) is 1. The van der Waals surface area contributed by atoms with Crippen molar-refractivity contribution in [1.29, 1.82) is 0 Å². The summed E-state index contributed by atoms with van der Waals surface area (Å²) in [6, 6.07) is 3.85. The van der Waals surface area contributed by atoms with E-state index in [4.69, 9.17) is 5.73 Å². The molecule has 2 N–H and O–H groups in total. The molecular formula is C13H14F3N3S. The standard InChI is InChI=1S/C13H14F3N3S/c14-13(15,16)8-3-4-11-10(6-8)18-12(17)19(11)9-2-1-5-20-7-9/h3-4,6,9H,1-2,5,7H2,(H2,17,18). The van der Waals surface area contributed by atoms with Crippen LogP contribution >= 0.6 is 11.8 Å². The van der Waals surface area contributed by atoms with Gasteiger partial charge >= 0.3 is 6.18 Å². The number of rotatable bonds is 1. The third kappa shape index (κ3) is 2.34. The average Bonchev–Trinajstić information content (AvgIpc) is 2.73. The minimum absolute atomic E-state index is 0.218. The zero-order valence-electron chi connectivity index (χ0n) is 10.7. The van der Waals surface area contributed by atoms with Gasteiger partial charge in [-0.3, -0.25) is 0 Å². The van der Waals surface area contributed by atoms with Crippen LogP contribution in [0.15, 0.2) is 18.2 Å². The van der Waals surface area contributed by atoms with E-state index in [1.807, 2.05) is 16.3 Å². The van der Waals surface area contributed by atoms with E-state index in [0.29, 0.717) is 17.0 Å². The Balaban J connectivity index is 2.07. The summed E-state index contributed by atoms with van der Waals surface area (Å²) in [7, 11) is 0. The number of nitrogens with zero attached hydrogens (tertiary/aromatic N) is 2. The Kier molecular flexibility index (Phi) is 3.32. The molecule has 0 radical (unpaired) electrons. The second kappa shape index (κ2) is 4.87. The average molecular weight is 301 g/mol. The van der Waals surface area contributed by atoms with Gasteiger partial charge in [-0.1, -0.05) is 0 Å². The van der Waals surface area contributed by atoms with Gasteiger partial charge in [0.1, 0.15) is 0 Å². The van der Waals surface area contributed by atoms with E-state index in [1.165, 1.54) is 6.07 Å². The highest BCUT2D eigenvalue weighted by Crippen LogP contribution is 2.35. The SMILES string of the molecule is Nc1nc2cc(C(F)(F)F)ccc2n1C1CCCSC1. The van der Waals surface area contributed by atoms with Crippen molar-refractivity contribution in [3.05, 3.63) is 23.8 Å². The van der Waals surface area contributed by atoms with Gasteiger partial charge in [-0.2, -0.15) is 24.9 Å². The number of alkyl halides is 3. The van der Waals surface area contributed by atoms with E-state index in [-0.39, 0.29) is 6.04 Å². The lowest BCUT2D eigenvalue weighted by molar-refractivity contribution is -0.137. The fourth-order valence-corrected chi connectivity index (χ4v) is 3.73. The Bertz CT molecular complexity index is 630. The highest BCUT2D eigenvalue weighted by molar-refractivity contribution is 7.99. The number of imidazole rings is 1. The van der Waals surface area contributed by atoms with Crippen LogP contribution in [-0.4, -0.2) is 21.1 Å². The highest BCUT2D eigenvalue weighted by atomic mass is 32.2. The molecule has 1 aromatic carbocycles. The van der Waals surface area contributed by atoms with E-state index >= 15 is 0 Å². The monoisotopic (exact) mass is 301 g/mol. The molecule has 1 unspecified atom stereocenters. The Morgan fingerprint density at radius 1 is 1.35 bits per heavy atom. The molecule has 20 heavy (non-hydrogen) atoms. The van der Waals surface area contributed by atoms with Gasteiger partial charge < -0.3 is 10.3 Å². The largest absolute Gasteiger partial charge is 0.416 e. The van der Waals surface area contributed by atoms with Crippen LogP contribution < -0.4 is 5.73 Å². The predicted octanol–water partition coefficient (Wildman–Crippen LogP) is 3.71. The van der Waals surface area contributed by atoms with Gasteiger partial charge in [0, 0.05) is 11.8 Å². The van der Waals surface area contributed by atoms with Crippen LogP contribution in [0.5, 0.6) is 0 Å². The predicted molar refractivity (Wildman–Crippen MR) is 74.7 cm³/mol. The van der Waals surface area contributed by atoms with E-state index in [1.54, 1.807) is 0 Å². The van der Waals surface area contributed by atoms with E-state index in [9.17, 15) is 13.2 Å². The summed E-state index contributed by atoms with van der Waals surface area (Å²) in [6.45, 7) is 0. The molecule has 0 amide bonds.